The van der Waals surface area contributed by atoms with Crippen LogP contribution in [-0.4, -0.2) is 56.9 Å². The summed E-state index contributed by atoms with van der Waals surface area (Å²) in [6, 6.07) is 7.23. The number of nitrogens with one attached hydrogen (secondary N) is 1. The van der Waals surface area contributed by atoms with Crippen molar-refractivity contribution in [3.8, 4) is 0 Å². The molecular weight excluding hydrogens is 386 g/mol. The molecule has 2 aromatic rings. The van der Waals surface area contributed by atoms with E-state index in [1.54, 1.807) is 19.2 Å². The molecule has 1 aromatic carbocycles. The molecule has 0 amide bonds. The fraction of sp³-hybridized carbons (Fsp3) is 0.524. The highest BCUT2D eigenvalue weighted by Crippen LogP contribution is 2.25. The standard InChI is InChI=1S/C21H31N5O2S/c1-15-8-9-18(11-16(15)2)29(27,28)26(5)14-20-23-19(12-21(24-20)25(3)4)17-7-6-10-22-13-17/h8-9,11-12,17,22H,6-7,10,13-14H2,1-5H3. The van der Waals surface area contributed by atoms with E-state index in [1.807, 2.05) is 45.0 Å². The van der Waals surface area contributed by atoms with Gasteiger partial charge < -0.3 is 10.2 Å². The lowest BCUT2D eigenvalue weighted by atomic mass is 9.96. The van der Waals surface area contributed by atoms with Gasteiger partial charge >= 0.3 is 0 Å². The third-order valence-corrected chi connectivity index (χ3v) is 7.30. The topological polar surface area (TPSA) is 78.4 Å². The minimum Gasteiger partial charge on any atom is -0.363 e. The quantitative estimate of drug-likeness (QED) is 0.778. The molecule has 0 aliphatic carbocycles. The highest BCUT2D eigenvalue weighted by atomic mass is 32.2. The first-order chi connectivity index (χ1) is 13.7. The van der Waals surface area contributed by atoms with Gasteiger partial charge in [-0.05, 0) is 56.5 Å². The van der Waals surface area contributed by atoms with E-state index in [-0.39, 0.29) is 6.54 Å². The normalized spacial score (nSPS) is 17.5. The van der Waals surface area contributed by atoms with Crippen LogP contribution < -0.4 is 10.2 Å². The van der Waals surface area contributed by atoms with Gasteiger partial charge in [-0.25, -0.2) is 18.4 Å². The van der Waals surface area contributed by atoms with Crippen LogP contribution in [0.3, 0.4) is 0 Å². The zero-order valence-corrected chi connectivity index (χ0v) is 18.8. The molecule has 3 rings (SSSR count). The minimum atomic E-state index is -3.62. The molecule has 2 heterocycles. The largest absolute Gasteiger partial charge is 0.363 e. The van der Waals surface area contributed by atoms with E-state index in [0.29, 0.717) is 16.6 Å². The van der Waals surface area contributed by atoms with Crippen LogP contribution in [0.4, 0.5) is 5.82 Å². The SMILES string of the molecule is Cc1ccc(S(=O)(=O)N(C)Cc2nc(C3CCCNC3)cc(N(C)C)n2)cc1C. The number of benzene rings is 1. The second-order valence-electron chi connectivity index (χ2n) is 8.01. The molecule has 0 bridgehead atoms. The molecule has 0 radical (unpaired) electrons. The summed E-state index contributed by atoms with van der Waals surface area (Å²) in [6.45, 7) is 5.94. The van der Waals surface area contributed by atoms with E-state index >= 15 is 0 Å². The minimum absolute atomic E-state index is 0.129. The van der Waals surface area contributed by atoms with Crippen LogP contribution in [-0.2, 0) is 16.6 Å². The van der Waals surface area contributed by atoms with Crippen molar-refractivity contribution in [3.63, 3.8) is 0 Å². The Bertz CT molecular complexity index is 969. The maximum absolute atomic E-state index is 13.1. The van der Waals surface area contributed by atoms with Gasteiger partial charge in [-0.2, -0.15) is 4.31 Å². The maximum atomic E-state index is 13.1. The van der Waals surface area contributed by atoms with Gasteiger partial charge in [-0.15, -0.1) is 0 Å². The highest BCUT2D eigenvalue weighted by molar-refractivity contribution is 7.89. The Morgan fingerprint density at radius 2 is 1.86 bits per heavy atom. The number of nitrogens with zero attached hydrogens (tertiary/aromatic N) is 4. The first-order valence-corrected chi connectivity index (χ1v) is 11.4. The zero-order chi connectivity index (χ0) is 21.2. The summed E-state index contributed by atoms with van der Waals surface area (Å²) in [7, 11) is 1.83. The Kier molecular flexibility index (Phi) is 6.55. The number of piperidine rings is 1. The fourth-order valence-corrected chi connectivity index (χ4v) is 4.67. The molecule has 1 aliphatic rings. The van der Waals surface area contributed by atoms with Crippen molar-refractivity contribution in [2.45, 2.75) is 44.0 Å². The second kappa shape index (κ2) is 8.77. The van der Waals surface area contributed by atoms with Crippen LogP contribution in [0.2, 0.25) is 0 Å². The molecule has 7 nitrogen and oxygen atoms in total. The Hall–Kier alpha value is -2.03. The van der Waals surface area contributed by atoms with Crippen LogP contribution in [0.25, 0.3) is 0 Å². The summed E-state index contributed by atoms with van der Waals surface area (Å²) < 4.78 is 27.4. The van der Waals surface area contributed by atoms with E-state index in [0.717, 1.165) is 48.6 Å². The Morgan fingerprint density at radius 1 is 1.10 bits per heavy atom. The summed E-state index contributed by atoms with van der Waals surface area (Å²) in [6.07, 6.45) is 2.19. The Labute approximate surface area is 174 Å². The number of anilines is 1. The van der Waals surface area contributed by atoms with Gasteiger partial charge in [0.2, 0.25) is 10.0 Å². The predicted octanol–water partition coefficient (Wildman–Crippen LogP) is 2.45. The summed E-state index contributed by atoms with van der Waals surface area (Å²) in [5.41, 5.74) is 3.00. The fourth-order valence-electron chi connectivity index (χ4n) is 3.45. The lowest BCUT2D eigenvalue weighted by molar-refractivity contribution is 0.441. The smallest absolute Gasteiger partial charge is 0.243 e. The molecular formula is C21H31N5O2S. The van der Waals surface area contributed by atoms with E-state index in [4.69, 9.17) is 4.98 Å². The summed E-state index contributed by atoms with van der Waals surface area (Å²) >= 11 is 0. The number of sulfonamides is 1. The number of aryl methyl sites for hydroxylation is 2. The van der Waals surface area contributed by atoms with Crippen molar-refractivity contribution >= 4 is 15.8 Å². The molecule has 0 spiro atoms. The van der Waals surface area contributed by atoms with E-state index in [2.05, 4.69) is 10.3 Å². The lowest BCUT2D eigenvalue weighted by Gasteiger charge is -2.24. The van der Waals surface area contributed by atoms with Crippen molar-refractivity contribution in [2.24, 2.45) is 0 Å². The first-order valence-electron chi connectivity index (χ1n) is 9.98. The lowest BCUT2D eigenvalue weighted by Crippen LogP contribution is -2.30. The molecule has 29 heavy (non-hydrogen) atoms. The third kappa shape index (κ3) is 4.94. The van der Waals surface area contributed by atoms with Crippen molar-refractivity contribution in [1.29, 1.82) is 0 Å². The molecule has 158 valence electrons. The van der Waals surface area contributed by atoms with Crippen LogP contribution in [0.5, 0.6) is 0 Å². The molecule has 1 atom stereocenters. The maximum Gasteiger partial charge on any atom is 0.243 e. The Balaban J connectivity index is 1.89. The molecule has 0 saturated carbocycles. The van der Waals surface area contributed by atoms with Gasteiger partial charge in [0.15, 0.2) is 0 Å². The number of rotatable bonds is 6. The summed E-state index contributed by atoms with van der Waals surface area (Å²) in [4.78, 5) is 11.6. The number of hydrogen-bond acceptors (Lipinski definition) is 6. The van der Waals surface area contributed by atoms with E-state index in [9.17, 15) is 8.42 Å². The van der Waals surface area contributed by atoms with E-state index < -0.39 is 10.0 Å². The Morgan fingerprint density at radius 3 is 2.48 bits per heavy atom. The molecule has 1 fully saturated rings. The van der Waals surface area contributed by atoms with Crippen molar-refractivity contribution in [1.82, 2.24) is 19.6 Å². The van der Waals surface area contributed by atoms with E-state index in [1.165, 1.54) is 4.31 Å². The average molecular weight is 418 g/mol. The molecule has 1 aliphatic heterocycles. The molecule has 1 N–H and O–H groups in total. The van der Waals surface area contributed by atoms with Crippen LogP contribution >= 0.6 is 0 Å². The van der Waals surface area contributed by atoms with Crippen molar-refractivity contribution in [3.05, 3.63) is 46.9 Å². The molecule has 1 aromatic heterocycles. The van der Waals surface area contributed by atoms with Gasteiger partial charge in [0, 0.05) is 39.7 Å². The molecule has 1 saturated heterocycles. The van der Waals surface area contributed by atoms with Gasteiger partial charge in [0.25, 0.3) is 0 Å². The number of hydrogen-bond donors (Lipinski definition) is 1. The highest BCUT2D eigenvalue weighted by Gasteiger charge is 2.24. The van der Waals surface area contributed by atoms with Crippen molar-refractivity contribution < 1.29 is 8.42 Å². The van der Waals surface area contributed by atoms with Gasteiger partial charge in [0.05, 0.1) is 17.1 Å². The average Bonchev–Trinajstić information content (AvgIpc) is 2.70. The van der Waals surface area contributed by atoms with Crippen LogP contribution in [0.1, 0.15) is 41.4 Å². The van der Waals surface area contributed by atoms with Gasteiger partial charge in [0.1, 0.15) is 11.6 Å². The van der Waals surface area contributed by atoms with Crippen molar-refractivity contribution in [2.75, 3.05) is 39.1 Å². The number of aromatic nitrogens is 2. The predicted molar refractivity (Wildman–Crippen MR) is 116 cm³/mol. The van der Waals surface area contributed by atoms with Crippen LogP contribution in [0, 0.1) is 13.8 Å². The monoisotopic (exact) mass is 417 g/mol. The zero-order valence-electron chi connectivity index (χ0n) is 17.9. The van der Waals surface area contributed by atoms with Crippen LogP contribution in [0.15, 0.2) is 29.2 Å². The summed E-state index contributed by atoms with van der Waals surface area (Å²) in [5, 5.41) is 3.42. The summed E-state index contributed by atoms with van der Waals surface area (Å²) in [5.74, 6) is 1.64. The second-order valence-corrected chi connectivity index (χ2v) is 10.1. The molecule has 1 unspecified atom stereocenters. The molecule has 8 heteroatoms. The van der Waals surface area contributed by atoms with Gasteiger partial charge in [-0.1, -0.05) is 6.07 Å². The first kappa shape index (κ1) is 21.7. The third-order valence-electron chi connectivity index (χ3n) is 5.50. The van der Waals surface area contributed by atoms with Gasteiger partial charge in [-0.3, -0.25) is 0 Å².